The normalized spacial score (nSPS) is 18.2. The third-order valence-electron chi connectivity index (χ3n) is 1.83. The molecule has 0 saturated carbocycles. The summed E-state index contributed by atoms with van der Waals surface area (Å²) in [6, 6.07) is 0. The number of rotatable bonds is 2. The summed E-state index contributed by atoms with van der Waals surface area (Å²) < 4.78 is 0. The van der Waals surface area contributed by atoms with Gasteiger partial charge in [-0.25, -0.2) is 0 Å². The van der Waals surface area contributed by atoms with Crippen LogP contribution in [-0.4, -0.2) is 36.4 Å². The maximum absolute atomic E-state index is 8.74. The number of nitrogens with zero attached hydrogens (tertiary/aromatic N) is 1. The minimum absolute atomic E-state index is 0.875. The molecular weight excluding hydrogens is 152 g/mol. The van der Waals surface area contributed by atoms with Gasteiger partial charge in [-0.2, -0.15) is 5.06 Å². The summed E-state index contributed by atoms with van der Waals surface area (Å²) in [5.74, 6) is 0. The average Bonchev–Trinajstić information content (AvgIpc) is 2.08. The highest BCUT2D eigenvalue weighted by molar-refractivity contribution is 4.54. The van der Waals surface area contributed by atoms with E-state index in [1.807, 2.05) is 0 Å². The van der Waals surface area contributed by atoms with Crippen LogP contribution < -0.4 is 5.32 Å². The zero-order valence-electron chi connectivity index (χ0n) is 8.34. The van der Waals surface area contributed by atoms with Crippen molar-refractivity contribution in [1.29, 1.82) is 0 Å². The molecule has 0 amide bonds. The molecule has 1 saturated heterocycles. The first-order valence-corrected chi connectivity index (χ1v) is 4.95. The Hall–Kier alpha value is -0.120. The van der Waals surface area contributed by atoms with Gasteiger partial charge in [0.2, 0.25) is 0 Å². The van der Waals surface area contributed by atoms with Crippen LogP contribution in [0, 0.1) is 0 Å². The minimum Gasteiger partial charge on any atom is -0.317 e. The first kappa shape index (κ1) is 11.9. The molecule has 0 aliphatic carbocycles. The van der Waals surface area contributed by atoms with E-state index in [1.54, 1.807) is 0 Å². The summed E-state index contributed by atoms with van der Waals surface area (Å²) in [5.41, 5.74) is 0. The van der Waals surface area contributed by atoms with Gasteiger partial charge in [0.25, 0.3) is 0 Å². The third kappa shape index (κ3) is 7.98. The molecule has 0 unspecified atom stereocenters. The summed E-state index contributed by atoms with van der Waals surface area (Å²) in [7, 11) is 0. The minimum atomic E-state index is 0.875. The molecule has 74 valence electrons. The topological polar surface area (TPSA) is 35.5 Å². The number of hydrogen-bond acceptors (Lipinski definition) is 3. The van der Waals surface area contributed by atoms with Gasteiger partial charge in [0.05, 0.1) is 0 Å². The van der Waals surface area contributed by atoms with Gasteiger partial charge < -0.3 is 10.5 Å². The van der Waals surface area contributed by atoms with E-state index in [1.165, 1.54) is 11.5 Å². The Morgan fingerprint density at radius 3 is 1.75 bits per heavy atom. The fourth-order valence-electron chi connectivity index (χ4n) is 1.13. The van der Waals surface area contributed by atoms with Crippen molar-refractivity contribution in [3.05, 3.63) is 0 Å². The molecule has 3 heteroatoms. The summed E-state index contributed by atoms with van der Waals surface area (Å²) in [6.45, 7) is 8.14. The maximum atomic E-state index is 8.74. The molecule has 0 aromatic heterocycles. The van der Waals surface area contributed by atoms with Crippen molar-refractivity contribution in [2.75, 3.05) is 26.2 Å². The van der Waals surface area contributed by atoms with E-state index in [9.17, 15) is 0 Å². The Morgan fingerprint density at radius 1 is 1.08 bits per heavy atom. The average molecular weight is 174 g/mol. The van der Waals surface area contributed by atoms with Crippen LogP contribution in [-0.2, 0) is 0 Å². The molecule has 2 N–H and O–H groups in total. The van der Waals surface area contributed by atoms with Crippen molar-refractivity contribution >= 4 is 0 Å². The lowest BCUT2D eigenvalue weighted by Gasteiger charge is -2.18. The lowest BCUT2D eigenvalue weighted by molar-refractivity contribution is -0.103. The number of nitrogens with one attached hydrogen (secondary N) is 1. The second-order valence-electron chi connectivity index (χ2n) is 2.97. The standard InChI is InChI=1S/C5H11NO.C4H11N/c7-6-4-2-1-3-5-6;1-3-5-4-2/h7H,1-5H2;5H,3-4H2,1-2H3. The van der Waals surface area contributed by atoms with Gasteiger partial charge in [0.1, 0.15) is 0 Å². The molecule has 3 nitrogen and oxygen atoms in total. The third-order valence-corrected chi connectivity index (χ3v) is 1.83. The first-order valence-electron chi connectivity index (χ1n) is 4.95. The highest BCUT2D eigenvalue weighted by atomic mass is 16.5. The van der Waals surface area contributed by atoms with Crippen molar-refractivity contribution in [2.45, 2.75) is 33.1 Å². The SMILES string of the molecule is CCNCC.ON1CCCCC1. The Bertz CT molecular complexity index is 80.6. The van der Waals surface area contributed by atoms with Gasteiger partial charge in [-0.3, -0.25) is 0 Å². The molecule has 0 spiro atoms. The number of hydrogen-bond donors (Lipinski definition) is 2. The lowest BCUT2D eigenvalue weighted by Crippen LogP contribution is -2.25. The summed E-state index contributed by atoms with van der Waals surface area (Å²) in [4.78, 5) is 0. The zero-order chi connectivity index (χ0) is 9.23. The highest BCUT2D eigenvalue weighted by Crippen LogP contribution is 2.04. The van der Waals surface area contributed by atoms with Gasteiger partial charge >= 0.3 is 0 Å². The molecule has 1 aliphatic heterocycles. The van der Waals surface area contributed by atoms with Crippen LogP contribution in [0.1, 0.15) is 33.1 Å². The second-order valence-corrected chi connectivity index (χ2v) is 2.97. The lowest BCUT2D eigenvalue weighted by atomic mass is 10.2. The van der Waals surface area contributed by atoms with Crippen LogP contribution in [0.15, 0.2) is 0 Å². The van der Waals surface area contributed by atoms with Crippen molar-refractivity contribution in [3.63, 3.8) is 0 Å². The van der Waals surface area contributed by atoms with Gasteiger partial charge in [-0.1, -0.05) is 20.3 Å². The van der Waals surface area contributed by atoms with Crippen molar-refractivity contribution in [1.82, 2.24) is 10.4 Å². The molecule has 0 radical (unpaired) electrons. The second kappa shape index (κ2) is 8.97. The van der Waals surface area contributed by atoms with Crippen LogP contribution >= 0.6 is 0 Å². The van der Waals surface area contributed by atoms with Gasteiger partial charge in [0, 0.05) is 13.1 Å². The fourth-order valence-corrected chi connectivity index (χ4v) is 1.13. The highest BCUT2D eigenvalue weighted by Gasteiger charge is 2.04. The van der Waals surface area contributed by atoms with E-state index >= 15 is 0 Å². The van der Waals surface area contributed by atoms with E-state index in [0.717, 1.165) is 39.0 Å². The van der Waals surface area contributed by atoms with E-state index in [2.05, 4.69) is 19.2 Å². The molecule has 0 aromatic carbocycles. The van der Waals surface area contributed by atoms with Crippen LogP contribution in [0.2, 0.25) is 0 Å². The summed E-state index contributed by atoms with van der Waals surface area (Å²) in [6.07, 6.45) is 3.62. The molecule has 0 atom stereocenters. The molecule has 1 rings (SSSR count). The van der Waals surface area contributed by atoms with Crippen molar-refractivity contribution in [3.8, 4) is 0 Å². The molecule has 1 fully saturated rings. The predicted octanol–water partition coefficient (Wildman–Crippen LogP) is 1.48. The van der Waals surface area contributed by atoms with Crippen LogP contribution in [0.4, 0.5) is 0 Å². The van der Waals surface area contributed by atoms with Gasteiger partial charge in [0.15, 0.2) is 0 Å². The van der Waals surface area contributed by atoms with Crippen molar-refractivity contribution in [2.24, 2.45) is 0 Å². The Kier molecular flexibility index (Phi) is 8.88. The molecule has 12 heavy (non-hydrogen) atoms. The zero-order valence-corrected chi connectivity index (χ0v) is 8.34. The van der Waals surface area contributed by atoms with E-state index in [0.29, 0.717) is 0 Å². The number of piperidine rings is 1. The fraction of sp³-hybridized carbons (Fsp3) is 1.00. The molecular formula is C9H22N2O. The summed E-state index contributed by atoms with van der Waals surface area (Å²) in [5, 5.41) is 13.2. The summed E-state index contributed by atoms with van der Waals surface area (Å²) >= 11 is 0. The monoisotopic (exact) mass is 174 g/mol. The van der Waals surface area contributed by atoms with E-state index in [-0.39, 0.29) is 0 Å². The Balaban J connectivity index is 0.000000217. The largest absolute Gasteiger partial charge is 0.317 e. The van der Waals surface area contributed by atoms with Crippen molar-refractivity contribution < 1.29 is 5.21 Å². The predicted molar refractivity (Wildman–Crippen MR) is 51.4 cm³/mol. The first-order chi connectivity index (χ1) is 5.81. The van der Waals surface area contributed by atoms with Gasteiger partial charge in [-0.15, -0.1) is 0 Å². The Morgan fingerprint density at radius 2 is 1.58 bits per heavy atom. The maximum Gasteiger partial charge on any atom is 0.0238 e. The van der Waals surface area contributed by atoms with Crippen LogP contribution in [0.25, 0.3) is 0 Å². The molecule has 1 aliphatic rings. The number of hydroxylamine groups is 2. The molecule has 0 bridgehead atoms. The van der Waals surface area contributed by atoms with Gasteiger partial charge in [-0.05, 0) is 25.9 Å². The quantitative estimate of drug-likeness (QED) is 0.665. The molecule has 0 aromatic rings. The van der Waals surface area contributed by atoms with Crippen LogP contribution in [0.3, 0.4) is 0 Å². The smallest absolute Gasteiger partial charge is 0.0238 e. The Labute approximate surface area is 75.7 Å². The van der Waals surface area contributed by atoms with E-state index in [4.69, 9.17) is 5.21 Å². The molecule has 1 heterocycles. The van der Waals surface area contributed by atoms with Crippen LogP contribution in [0.5, 0.6) is 0 Å². The van der Waals surface area contributed by atoms with E-state index < -0.39 is 0 Å².